The van der Waals surface area contributed by atoms with Gasteiger partial charge in [-0.25, -0.2) is 0 Å². The molecule has 0 bridgehead atoms. The molecule has 2 amide bonds. The van der Waals surface area contributed by atoms with Crippen LogP contribution in [-0.2, 0) is 11.2 Å². The second kappa shape index (κ2) is 8.27. The van der Waals surface area contributed by atoms with Gasteiger partial charge < -0.3 is 15.1 Å². The van der Waals surface area contributed by atoms with E-state index >= 15 is 0 Å². The molecule has 0 fully saturated rings. The third kappa shape index (κ3) is 4.78. The average molecular weight is 364 g/mol. The van der Waals surface area contributed by atoms with E-state index in [1.165, 1.54) is 0 Å². The van der Waals surface area contributed by atoms with Gasteiger partial charge in [0.15, 0.2) is 0 Å². The van der Waals surface area contributed by atoms with Gasteiger partial charge in [0.25, 0.3) is 5.91 Å². The molecule has 0 aliphatic rings. The van der Waals surface area contributed by atoms with Crippen molar-refractivity contribution in [3.8, 4) is 11.5 Å². The van der Waals surface area contributed by atoms with Gasteiger partial charge in [0.05, 0.1) is 0 Å². The van der Waals surface area contributed by atoms with Gasteiger partial charge in [-0.1, -0.05) is 17.7 Å². The first-order valence-electron chi connectivity index (χ1n) is 8.56. The number of hydrogen-bond acceptors (Lipinski definition) is 5. The molecule has 0 spiro atoms. The molecule has 2 N–H and O–H groups in total. The summed E-state index contributed by atoms with van der Waals surface area (Å²) in [5.74, 6) is 0.511. The summed E-state index contributed by atoms with van der Waals surface area (Å²) < 4.78 is 5.62. The molecule has 27 heavy (non-hydrogen) atoms. The van der Waals surface area contributed by atoms with E-state index in [0.717, 1.165) is 11.1 Å². The summed E-state index contributed by atoms with van der Waals surface area (Å²) in [5, 5.41) is 13.3. The number of rotatable bonds is 6. The molecule has 7 nitrogen and oxygen atoms in total. The molecule has 1 aromatic heterocycles. The normalized spacial score (nSPS) is 10.4. The lowest BCUT2D eigenvalue weighted by Crippen LogP contribution is -2.18. The van der Waals surface area contributed by atoms with Gasteiger partial charge in [-0.15, -0.1) is 10.2 Å². The number of aryl methyl sites for hydroxylation is 2. The molecule has 3 rings (SSSR count). The van der Waals surface area contributed by atoms with Crippen LogP contribution < -0.4 is 10.6 Å². The van der Waals surface area contributed by atoms with Crippen LogP contribution in [0.25, 0.3) is 11.5 Å². The Balaban J connectivity index is 1.53. The van der Waals surface area contributed by atoms with Crippen LogP contribution >= 0.6 is 0 Å². The van der Waals surface area contributed by atoms with Crippen molar-refractivity contribution in [1.29, 1.82) is 0 Å². The number of anilines is 1. The van der Waals surface area contributed by atoms with Crippen molar-refractivity contribution < 1.29 is 14.0 Å². The van der Waals surface area contributed by atoms with Gasteiger partial charge >= 0.3 is 0 Å². The van der Waals surface area contributed by atoms with Crippen molar-refractivity contribution in [3.05, 3.63) is 65.5 Å². The van der Waals surface area contributed by atoms with Crippen molar-refractivity contribution in [2.24, 2.45) is 0 Å². The Morgan fingerprint density at radius 3 is 2.37 bits per heavy atom. The zero-order valence-corrected chi connectivity index (χ0v) is 15.2. The summed E-state index contributed by atoms with van der Waals surface area (Å²) in [7, 11) is 1.57. The van der Waals surface area contributed by atoms with Crippen LogP contribution in [0.3, 0.4) is 0 Å². The van der Waals surface area contributed by atoms with Crippen LogP contribution in [-0.4, -0.2) is 29.1 Å². The lowest BCUT2D eigenvalue weighted by molar-refractivity contribution is -0.116. The molecule has 138 valence electrons. The van der Waals surface area contributed by atoms with E-state index in [0.29, 0.717) is 29.5 Å². The predicted molar refractivity (Wildman–Crippen MR) is 101 cm³/mol. The van der Waals surface area contributed by atoms with Crippen LogP contribution in [0, 0.1) is 6.92 Å². The number of carbonyl (C=O) groups is 2. The minimum absolute atomic E-state index is 0.169. The lowest BCUT2D eigenvalue weighted by atomic mass is 10.1. The molecule has 3 aromatic rings. The monoisotopic (exact) mass is 364 g/mol. The van der Waals surface area contributed by atoms with E-state index < -0.39 is 0 Å². The topological polar surface area (TPSA) is 97.1 Å². The highest BCUT2D eigenvalue weighted by Gasteiger charge is 2.11. The van der Waals surface area contributed by atoms with Gasteiger partial charge in [0.2, 0.25) is 17.7 Å². The summed E-state index contributed by atoms with van der Waals surface area (Å²) in [6, 6.07) is 14.5. The van der Waals surface area contributed by atoms with Crippen LogP contribution in [0.15, 0.2) is 52.9 Å². The molecule has 2 aromatic carbocycles. The second-order valence-electron chi connectivity index (χ2n) is 6.07. The minimum atomic E-state index is -0.173. The molecule has 7 heteroatoms. The Hall–Kier alpha value is -3.48. The summed E-state index contributed by atoms with van der Waals surface area (Å²) in [4.78, 5) is 23.6. The molecule has 0 radical (unpaired) electrons. The van der Waals surface area contributed by atoms with E-state index in [9.17, 15) is 9.59 Å². The smallest absolute Gasteiger partial charge is 0.251 e. The third-order valence-electron chi connectivity index (χ3n) is 3.99. The maximum atomic E-state index is 12.1. The fraction of sp³-hybridized carbons (Fsp3) is 0.200. The largest absolute Gasteiger partial charge is 0.421 e. The number of aromatic nitrogens is 2. The van der Waals surface area contributed by atoms with E-state index in [1.807, 2.05) is 31.2 Å². The maximum Gasteiger partial charge on any atom is 0.251 e. The van der Waals surface area contributed by atoms with Crippen LogP contribution in [0.1, 0.15) is 28.2 Å². The molecule has 0 aliphatic carbocycles. The highest BCUT2D eigenvalue weighted by atomic mass is 16.4. The first-order valence-corrected chi connectivity index (χ1v) is 8.56. The second-order valence-corrected chi connectivity index (χ2v) is 6.07. The van der Waals surface area contributed by atoms with Crippen LogP contribution in [0.2, 0.25) is 0 Å². The van der Waals surface area contributed by atoms with Crippen molar-refractivity contribution in [3.63, 3.8) is 0 Å². The Bertz CT molecular complexity index is 931. The summed E-state index contributed by atoms with van der Waals surface area (Å²) >= 11 is 0. The Kier molecular flexibility index (Phi) is 5.61. The average Bonchev–Trinajstić information content (AvgIpc) is 3.16. The summed E-state index contributed by atoms with van der Waals surface area (Å²) in [6.45, 7) is 2.01. The van der Waals surface area contributed by atoms with Crippen molar-refractivity contribution in [2.75, 3.05) is 12.4 Å². The van der Waals surface area contributed by atoms with Gasteiger partial charge in [-0.05, 0) is 43.3 Å². The zero-order chi connectivity index (χ0) is 19.2. The number of carbonyl (C=O) groups excluding carboxylic acids is 2. The number of benzene rings is 2. The SMILES string of the molecule is CNC(=O)c1ccc(NC(=O)CCc2nnc(-c3ccc(C)cc3)o2)cc1. The van der Waals surface area contributed by atoms with Gasteiger partial charge in [0.1, 0.15) is 0 Å². The maximum absolute atomic E-state index is 12.1. The Morgan fingerprint density at radius 2 is 1.70 bits per heavy atom. The minimum Gasteiger partial charge on any atom is -0.421 e. The van der Waals surface area contributed by atoms with E-state index in [-0.39, 0.29) is 18.2 Å². The molecule has 0 saturated carbocycles. The first kappa shape index (κ1) is 18.3. The van der Waals surface area contributed by atoms with E-state index in [1.54, 1.807) is 31.3 Å². The fourth-order valence-electron chi connectivity index (χ4n) is 2.46. The summed E-state index contributed by atoms with van der Waals surface area (Å²) in [6.07, 6.45) is 0.563. The van der Waals surface area contributed by atoms with Crippen molar-refractivity contribution in [2.45, 2.75) is 19.8 Å². The highest BCUT2D eigenvalue weighted by Crippen LogP contribution is 2.19. The molecule has 0 atom stereocenters. The first-order chi connectivity index (χ1) is 13.0. The summed E-state index contributed by atoms with van der Waals surface area (Å²) in [5.41, 5.74) is 3.15. The number of nitrogens with one attached hydrogen (secondary N) is 2. The molecule has 0 aliphatic heterocycles. The van der Waals surface area contributed by atoms with Crippen molar-refractivity contribution in [1.82, 2.24) is 15.5 Å². The fourth-order valence-corrected chi connectivity index (χ4v) is 2.46. The van der Waals surface area contributed by atoms with Crippen LogP contribution in [0.5, 0.6) is 0 Å². The molecular weight excluding hydrogens is 344 g/mol. The van der Waals surface area contributed by atoms with Gasteiger partial charge in [-0.2, -0.15) is 0 Å². The zero-order valence-electron chi connectivity index (χ0n) is 15.2. The molecular formula is C20H20N4O3. The van der Waals surface area contributed by atoms with Gasteiger partial charge in [0, 0.05) is 36.7 Å². The standard InChI is InChI=1S/C20H20N4O3/c1-13-3-5-15(6-4-13)20-24-23-18(27-20)12-11-17(25)22-16-9-7-14(8-10-16)19(26)21-2/h3-10H,11-12H2,1-2H3,(H,21,26)(H,22,25). The number of hydrogen-bond donors (Lipinski definition) is 2. The highest BCUT2D eigenvalue weighted by molar-refractivity contribution is 5.95. The lowest BCUT2D eigenvalue weighted by Gasteiger charge is -2.05. The third-order valence-corrected chi connectivity index (χ3v) is 3.99. The van der Waals surface area contributed by atoms with Gasteiger partial charge in [-0.3, -0.25) is 9.59 Å². The quantitative estimate of drug-likeness (QED) is 0.701. The Morgan fingerprint density at radius 1 is 1.00 bits per heavy atom. The van der Waals surface area contributed by atoms with Crippen LogP contribution in [0.4, 0.5) is 5.69 Å². The van der Waals surface area contributed by atoms with Crippen molar-refractivity contribution >= 4 is 17.5 Å². The van der Waals surface area contributed by atoms with E-state index in [4.69, 9.17) is 4.42 Å². The van der Waals surface area contributed by atoms with E-state index in [2.05, 4.69) is 20.8 Å². The molecule has 1 heterocycles. The molecule has 0 saturated heterocycles. The predicted octanol–water partition coefficient (Wildman–Crippen LogP) is 2.98. The molecule has 0 unspecified atom stereocenters. The Labute approximate surface area is 156 Å². The number of nitrogens with zero attached hydrogens (tertiary/aromatic N) is 2. The number of amides is 2.